The van der Waals surface area contributed by atoms with E-state index in [2.05, 4.69) is 5.32 Å². The van der Waals surface area contributed by atoms with Crippen LogP contribution in [0.4, 0.5) is 0 Å². The van der Waals surface area contributed by atoms with E-state index in [1.807, 2.05) is 6.92 Å². The normalized spacial score (nSPS) is 39.0. The maximum Gasteiger partial charge on any atom is 0.0935 e. The molecule has 2 atom stereocenters. The molecule has 3 heteroatoms. The molecule has 0 aromatic heterocycles. The molecule has 0 radical (unpaired) electrons. The lowest BCUT2D eigenvalue weighted by Gasteiger charge is -2.36. The molecule has 2 unspecified atom stereocenters. The first-order valence-electron chi connectivity index (χ1n) is 4.20. The SMILES string of the molecule is CC1(NCO)CCCC(O)C1. The van der Waals surface area contributed by atoms with Crippen LogP contribution in [-0.4, -0.2) is 28.6 Å². The van der Waals surface area contributed by atoms with Gasteiger partial charge in [0.05, 0.1) is 12.8 Å². The van der Waals surface area contributed by atoms with E-state index >= 15 is 0 Å². The van der Waals surface area contributed by atoms with Crippen molar-refractivity contribution in [3.05, 3.63) is 0 Å². The fraction of sp³-hybridized carbons (Fsp3) is 1.00. The molecular formula is C8H17NO2. The summed E-state index contributed by atoms with van der Waals surface area (Å²) in [5.41, 5.74) is -0.0492. The maximum atomic E-state index is 9.35. The number of hydrogen-bond acceptors (Lipinski definition) is 3. The summed E-state index contributed by atoms with van der Waals surface area (Å²) in [5, 5.41) is 21.0. The van der Waals surface area contributed by atoms with Crippen LogP contribution < -0.4 is 5.32 Å². The molecule has 1 saturated carbocycles. The van der Waals surface area contributed by atoms with E-state index < -0.39 is 0 Å². The average molecular weight is 159 g/mol. The Morgan fingerprint density at radius 3 is 2.91 bits per heavy atom. The lowest BCUT2D eigenvalue weighted by atomic mass is 9.82. The molecule has 3 nitrogen and oxygen atoms in total. The van der Waals surface area contributed by atoms with Gasteiger partial charge in [0.25, 0.3) is 0 Å². The largest absolute Gasteiger partial charge is 0.393 e. The number of aliphatic hydroxyl groups excluding tert-OH is 2. The second kappa shape index (κ2) is 3.52. The van der Waals surface area contributed by atoms with Gasteiger partial charge in [-0.1, -0.05) is 0 Å². The van der Waals surface area contributed by atoms with E-state index in [0.717, 1.165) is 25.7 Å². The topological polar surface area (TPSA) is 52.5 Å². The molecule has 0 saturated heterocycles. The van der Waals surface area contributed by atoms with Crippen LogP contribution >= 0.6 is 0 Å². The minimum Gasteiger partial charge on any atom is -0.393 e. The molecule has 1 rings (SSSR count). The van der Waals surface area contributed by atoms with Crippen LogP contribution in [0.1, 0.15) is 32.6 Å². The van der Waals surface area contributed by atoms with Crippen molar-refractivity contribution in [1.82, 2.24) is 5.32 Å². The van der Waals surface area contributed by atoms with Crippen molar-refractivity contribution >= 4 is 0 Å². The van der Waals surface area contributed by atoms with Crippen LogP contribution in [0, 0.1) is 0 Å². The van der Waals surface area contributed by atoms with Gasteiger partial charge in [0.2, 0.25) is 0 Å². The quantitative estimate of drug-likeness (QED) is 0.505. The standard InChI is InChI=1S/C8H17NO2/c1-8(9-6-10)4-2-3-7(11)5-8/h7,9-11H,2-6H2,1H3. The maximum absolute atomic E-state index is 9.35. The minimum absolute atomic E-state index is 0.00319. The highest BCUT2D eigenvalue weighted by atomic mass is 16.3. The Kier molecular flexibility index (Phi) is 2.87. The van der Waals surface area contributed by atoms with Gasteiger partial charge in [-0.25, -0.2) is 0 Å². The number of hydrogen-bond donors (Lipinski definition) is 3. The van der Waals surface area contributed by atoms with E-state index in [1.165, 1.54) is 0 Å². The molecule has 1 aliphatic rings. The van der Waals surface area contributed by atoms with Crippen LogP contribution in [0.15, 0.2) is 0 Å². The fourth-order valence-corrected chi connectivity index (χ4v) is 1.80. The molecule has 0 aromatic carbocycles. The average Bonchev–Trinajstić information content (AvgIpc) is 1.86. The van der Waals surface area contributed by atoms with E-state index in [9.17, 15) is 5.11 Å². The molecule has 0 heterocycles. The summed E-state index contributed by atoms with van der Waals surface area (Å²) >= 11 is 0. The molecule has 0 amide bonds. The first-order valence-corrected chi connectivity index (χ1v) is 4.20. The molecule has 0 aromatic rings. The summed E-state index contributed by atoms with van der Waals surface area (Å²) in [4.78, 5) is 0. The number of aliphatic hydroxyl groups is 2. The van der Waals surface area contributed by atoms with Crippen LogP contribution in [0.5, 0.6) is 0 Å². The monoisotopic (exact) mass is 159 g/mol. The van der Waals surface area contributed by atoms with Gasteiger partial charge in [-0.15, -0.1) is 0 Å². The Balaban J connectivity index is 2.41. The van der Waals surface area contributed by atoms with Crippen molar-refractivity contribution in [3.8, 4) is 0 Å². The molecular weight excluding hydrogens is 142 g/mol. The third-order valence-electron chi connectivity index (χ3n) is 2.46. The van der Waals surface area contributed by atoms with Gasteiger partial charge in [-0.3, -0.25) is 5.32 Å². The second-order valence-electron chi connectivity index (χ2n) is 3.65. The highest BCUT2D eigenvalue weighted by Crippen LogP contribution is 2.27. The highest BCUT2D eigenvalue weighted by Gasteiger charge is 2.30. The van der Waals surface area contributed by atoms with Crippen LogP contribution in [0.25, 0.3) is 0 Å². The van der Waals surface area contributed by atoms with Crippen molar-refractivity contribution in [2.24, 2.45) is 0 Å². The predicted octanol–water partition coefficient (Wildman–Crippen LogP) is 0.219. The van der Waals surface area contributed by atoms with Gasteiger partial charge in [0.1, 0.15) is 0 Å². The zero-order valence-electron chi connectivity index (χ0n) is 7.01. The van der Waals surface area contributed by atoms with Gasteiger partial charge >= 0.3 is 0 Å². The Morgan fingerprint density at radius 1 is 1.64 bits per heavy atom. The first-order chi connectivity index (χ1) is 5.16. The van der Waals surface area contributed by atoms with Crippen molar-refractivity contribution < 1.29 is 10.2 Å². The third-order valence-corrected chi connectivity index (χ3v) is 2.46. The minimum atomic E-state index is -0.187. The lowest BCUT2D eigenvalue weighted by molar-refractivity contribution is 0.0644. The van der Waals surface area contributed by atoms with Crippen LogP contribution in [-0.2, 0) is 0 Å². The lowest BCUT2D eigenvalue weighted by Crippen LogP contribution is -2.47. The van der Waals surface area contributed by atoms with Gasteiger partial charge in [0, 0.05) is 5.54 Å². The number of rotatable bonds is 2. The Hall–Kier alpha value is -0.120. The molecule has 0 spiro atoms. The van der Waals surface area contributed by atoms with E-state index in [-0.39, 0.29) is 18.4 Å². The Bertz CT molecular complexity index is 125. The van der Waals surface area contributed by atoms with Gasteiger partial charge in [-0.05, 0) is 32.6 Å². The molecule has 1 fully saturated rings. The summed E-state index contributed by atoms with van der Waals surface area (Å²) in [6.07, 6.45) is 3.57. The van der Waals surface area contributed by atoms with Crippen molar-refractivity contribution in [1.29, 1.82) is 0 Å². The molecule has 3 N–H and O–H groups in total. The molecule has 0 bridgehead atoms. The van der Waals surface area contributed by atoms with Crippen LogP contribution in [0.3, 0.4) is 0 Å². The van der Waals surface area contributed by atoms with Gasteiger partial charge in [-0.2, -0.15) is 0 Å². The van der Waals surface area contributed by atoms with Crippen LogP contribution in [0.2, 0.25) is 0 Å². The highest BCUT2D eigenvalue weighted by molar-refractivity contribution is 4.88. The summed E-state index contributed by atoms with van der Waals surface area (Å²) < 4.78 is 0. The smallest absolute Gasteiger partial charge is 0.0935 e. The molecule has 66 valence electrons. The molecule has 11 heavy (non-hydrogen) atoms. The Labute approximate surface area is 67.4 Å². The van der Waals surface area contributed by atoms with E-state index in [1.54, 1.807) is 0 Å². The molecule has 1 aliphatic carbocycles. The predicted molar refractivity (Wildman–Crippen MR) is 43.1 cm³/mol. The van der Waals surface area contributed by atoms with Gasteiger partial charge in [0.15, 0.2) is 0 Å². The number of nitrogens with one attached hydrogen (secondary N) is 1. The summed E-state index contributed by atoms with van der Waals surface area (Å²) in [5.74, 6) is 0. The van der Waals surface area contributed by atoms with E-state index in [4.69, 9.17) is 5.11 Å². The summed E-state index contributed by atoms with van der Waals surface area (Å²) in [7, 11) is 0. The first kappa shape index (κ1) is 8.97. The van der Waals surface area contributed by atoms with E-state index in [0.29, 0.717) is 0 Å². The van der Waals surface area contributed by atoms with Gasteiger partial charge < -0.3 is 10.2 Å². The molecule has 0 aliphatic heterocycles. The zero-order chi connectivity index (χ0) is 8.32. The summed E-state index contributed by atoms with van der Waals surface area (Å²) in [6.45, 7) is 2.05. The van der Waals surface area contributed by atoms with Crippen molar-refractivity contribution in [2.75, 3.05) is 6.73 Å². The third kappa shape index (κ3) is 2.43. The van der Waals surface area contributed by atoms with Crippen molar-refractivity contribution in [3.63, 3.8) is 0 Å². The fourth-order valence-electron chi connectivity index (χ4n) is 1.80. The van der Waals surface area contributed by atoms with Crippen molar-refractivity contribution in [2.45, 2.75) is 44.2 Å². The summed E-state index contributed by atoms with van der Waals surface area (Å²) in [6, 6.07) is 0. The zero-order valence-corrected chi connectivity index (χ0v) is 7.01. The Morgan fingerprint density at radius 2 is 2.36 bits per heavy atom. The second-order valence-corrected chi connectivity index (χ2v) is 3.65.